The maximum absolute atomic E-state index is 12.7. The lowest BCUT2D eigenvalue weighted by Gasteiger charge is -2.03. The fourth-order valence-corrected chi connectivity index (χ4v) is 1.27. The Kier molecular flexibility index (Phi) is 1.96. The van der Waals surface area contributed by atoms with E-state index in [0.717, 1.165) is 6.20 Å². The van der Waals surface area contributed by atoms with Crippen molar-refractivity contribution in [3.05, 3.63) is 23.6 Å². The Bertz CT molecular complexity index is 351. The van der Waals surface area contributed by atoms with E-state index in [4.69, 9.17) is 4.74 Å². The lowest BCUT2D eigenvalue weighted by atomic mass is 10.1. The first-order valence-corrected chi connectivity index (χ1v) is 4.04. The molecule has 0 spiro atoms. The predicted molar refractivity (Wildman–Crippen MR) is 43.0 cm³/mol. The number of pyridine rings is 1. The number of nitrogens with zero attached hydrogens (tertiary/aromatic N) is 1. The summed E-state index contributed by atoms with van der Waals surface area (Å²) in [7, 11) is 0. The van der Waals surface area contributed by atoms with Crippen LogP contribution in [0.15, 0.2) is 12.3 Å². The molecule has 0 amide bonds. The molecule has 1 aliphatic heterocycles. The van der Waals surface area contributed by atoms with Crippen LogP contribution in [0.1, 0.15) is 12.0 Å². The number of aryl methyl sites for hydroxylation is 1. The Morgan fingerprint density at radius 1 is 1.46 bits per heavy atom. The monoisotopic (exact) mass is 181 g/mol. The van der Waals surface area contributed by atoms with Crippen molar-refractivity contribution >= 4 is 5.78 Å². The topological polar surface area (TPSA) is 39.2 Å². The minimum absolute atomic E-state index is 0.0263. The number of hydrogen-bond acceptors (Lipinski definition) is 3. The number of aromatic nitrogens is 1. The molecular weight excluding hydrogens is 173 g/mol. The quantitative estimate of drug-likeness (QED) is 0.602. The summed E-state index contributed by atoms with van der Waals surface area (Å²) in [6.45, 7) is 0.0473. The van der Waals surface area contributed by atoms with Crippen LogP contribution in [0.5, 0.6) is 5.88 Å². The van der Waals surface area contributed by atoms with Crippen molar-refractivity contribution in [3.8, 4) is 5.88 Å². The molecule has 0 aromatic carbocycles. The van der Waals surface area contributed by atoms with Gasteiger partial charge >= 0.3 is 0 Å². The summed E-state index contributed by atoms with van der Waals surface area (Å²) >= 11 is 0. The van der Waals surface area contributed by atoms with Gasteiger partial charge in [-0.15, -0.1) is 0 Å². The van der Waals surface area contributed by atoms with Crippen LogP contribution < -0.4 is 4.74 Å². The number of hydrogen-bond donors (Lipinski definition) is 0. The third-order valence-corrected chi connectivity index (χ3v) is 1.94. The smallest absolute Gasteiger partial charge is 0.217 e. The summed E-state index contributed by atoms with van der Waals surface area (Å²) in [5.74, 6) is 0.0161. The van der Waals surface area contributed by atoms with E-state index in [1.54, 1.807) is 0 Å². The van der Waals surface area contributed by atoms with Gasteiger partial charge in [0.05, 0.1) is 6.20 Å². The van der Waals surface area contributed by atoms with Gasteiger partial charge in [0, 0.05) is 12.0 Å². The molecule has 0 fully saturated rings. The molecule has 68 valence electrons. The van der Waals surface area contributed by atoms with Gasteiger partial charge in [0.1, 0.15) is 12.4 Å². The van der Waals surface area contributed by atoms with Crippen molar-refractivity contribution in [1.29, 1.82) is 0 Å². The van der Waals surface area contributed by atoms with E-state index in [1.165, 1.54) is 6.07 Å². The molecule has 1 aromatic rings. The van der Waals surface area contributed by atoms with Crippen molar-refractivity contribution in [2.45, 2.75) is 12.8 Å². The molecule has 0 N–H and O–H groups in total. The van der Waals surface area contributed by atoms with Gasteiger partial charge < -0.3 is 4.74 Å². The van der Waals surface area contributed by atoms with Crippen LogP contribution >= 0.6 is 0 Å². The molecule has 0 radical (unpaired) electrons. The molecule has 2 heterocycles. The number of ether oxygens (including phenoxy) is 1. The highest BCUT2D eigenvalue weighted by Gasteiger charge is 2.15. The molecule has 1 aromatic heterocycles. The van der Waals surface area contributed by atoms with Crippen molar-refractivity contribution < 1.29 is 13.9 Å². The van der Waals surface area contributed by atoms with E-state index >= 15 is 0 Å². The summed E-state index contributed by atoms with van der Waals surface area (Å²) in [4.78, 5) is 14.8. The van der Waals surface area contributed by atoms with Crippen molar-refractivity contribution in [2.75, 3.05) is 6.61 Å². The number of carbonyl (C=O) groups is 1. The summed E-state index contributed by atoms with van der Waals surface area (Å²) in [5, 5.41) is 0. The first kappa shape index (κ1) is 8.16. The molecule has 0 saturated heterocycles. The molecule has 0 aliphatic carbocycles. The Labute approximate surface area is 74.5 Å². The molecule has 3 nitrogen and oxygen atoms in total. The van der Waals surface area contributed by atoms with Gasteiger partial charge in [-0.05, 0) is 12.5 Å². The number of rotatable bonds is 0. The van der Waals surface area contributed by atoms with Gasteiger partial charge in [0.25, 0.3) is 0 Å². The van der Waals surface area contributed by atoms with E-state index in [0.29, 0.717) is 24.3 Å². The Morgan fingerprint density at radius 3 is 3.15 bits per heavy atom. The maximum atomic E-state index is 12.7. The molecule has 1 aliphatic rings. The largest absolute Gasteiger partial charge is 0.469 e. The summed E-state index contributed by atoms with van der Waals surface area (Å²) in [6.07, 6.45) is 2.01. The molecule has 0 bridgehead atoms. The fourth-order valence-electron chi connectivity index (χ4n) is 1.27. The SMILES string of the molecule is O=C1CCc2cc(F)cnc2OC1. The van der Waals surface area contributed by atoms with Gasteiger partial charge in [-0.3, -0.25) is 4.79 Å². The van der Waals surface area contributed by atoms with Gasteiger partial charge in [-0.1, -0.05) is 0 Å². The number of ketones is 1. The second-order valence-corrected chi connectivity index (χ2v) is 2.95. The highest BCUT2D eigenvalue weighted by atomic mass is 19.1. The third-order valence-electron chi connectivity index (χ3n) is 1.94. The average Bonchev–Trinajstić information content (AvgIpc) is 2.29. The average molecular weight is 181 g/mol. The van der Waals surface area contributed by atoms with E-state index in [2.05, 4.69) is 4.98 Å². The maximum Gasteiger partial charge on any atom is 0.217 e. The van der Waals surface area contributed by atoms with Gasteiger partial charge in [0.15, 0.2) is 5.78 Å². The van der Waals surface area contributed by atoms with E-state index in [-0.39, 0.29) is 12.4 Å². The summed E-state index contributed by atoms with van der Waals surface area (Å²) in [5.41, 5.74) is 0.672. The third kappa shape index (κ3) is 1.66. The van der Waals surface area contributed by atoms with Gasteiger partial charge in [-0.2, -0.15) is 0 Å². The molecule has 0 atom stereocenters. The van der Waals surface area contributed by atoms with Crippen LogP contribution in [0.3, 0.4) is 0 Å². The minimum Gasteiger partial charge on any atom is -0.469 e. The number of carbonyl (C=O) groups excluding carboxylic acids is 1. The molecule has 4 heteroatoms. The summed E-state index contributed by atoms with van der Waals surface area (Å²) in [6, 6.07) is 1.36. The zero-order chi connectivity index (χ0) is 9.26. The second-order valence-electron chi connectivity index (χ2n) is 2.95. The number of halogens is 1. The number of fused-ring (bicyclic) bond motifs is 1. The number of Topliss-reactive ketones (excluding diaryl/α,β-unsaturated/α-hetero) is 1. The van der Waals surface area contributed by atoms with Crippen LogP contribution in [-0.2, 0) is 11.2 Å². The van der Waals surface area contributed by atoms with Crippen LogP contribution in [0.2, 0.25) is 0 Å². The van der Waals surface area contributed by atoms with Gasteiger partial charge in [0.2, 0.25) is 5.88 Å². The first-order valence-electron chi connectivity index (χ1n) is 4.04. The van der Waals surface area contributed by atoms with Crippen molar-refractivity contribution in [3.63, 3.8) is 0 Å². The highest BCUT2D eigenvalue weighted by Crippen LogP contribution is 2.20. The molecule has 0 saturated carbocycles. The molecule has 13 heavy (non-hydrogen) atoms. The van der Waals surface area contributed by atoms with Gasteiger partial charge in [-0.25, -0.2) is 9.37 Å². The predicted octanol–water partition coefficient (Wildman–Crippen LogP) is 1.11. The van der Waals surface area contributed by atoms with E-state index in [9.17, 15) is 9.18 Å². The molecular formula is C9H8FNO2. The summed E-state index contributed by atoms with van der Waals surface area (Å²) < 4.78 is 17.8. The zero-order valence-electron chi connectivity index (χ0n) is 6.92. The second kappa shape index (κ2) is 3.12. The Morgan fingerprint density at radius 2 is 2.31 bits per heavy atom. The normalized spacial score (nSPS) is 15.9. The van der Waals surface area contributed by atoms with E-state index in [1.807, 2.05) is 0 Å². The molecule has 2 rings (SSSR count). The standard InChI is InChI=1S/C9H8FNO2/c10-7-3-6-1-2-8(12)5-13-9(6)11-4-7/h3-4H,1-2,5H2. The Hall–Kier alpha value is -1.45. The van der Waals surface area contributed by atoms with Crippen LogP contribution in [0, 0.1) is 5.82 Å². The minimum atomic E-state index is -0.392. The lowest BCUT2D eigenvalue weighted by molar-refractivity contribution is -0.120. The van der Waals surface area contributed by atoms with E-state index < -0.39 is 5.82 Å². The fraction of sp³-hybridized carbons (Fsp3) is 0.333. The van der Waals surface area contributed by atoms with Crippen molar-refractivity contribution in [2.24, 2.45) is 0 Å². The first-order chi connectivity index (χ1) is 6.25. The molecule has 0 unspecified atom stereocenters. The van der Waals surface area contributed by atoms with Crippen LogP contribution in [-0.4, -0.2) is 17.4 Å². The highest BCUT2D eigenvalue weighted by molar-refractivity contribution is 5.80. The lowest BCUT2D eigenvalue weighted by Crippen LogP contribution is -2.08. The van der Waals surface area contributed by atoms with Crippen molar-refractivity contribution in [1.82, 2.24) is 4.98 Å². The van der Waals surface area contributed by atoms with Crippen LogP contribution in [0.25, 0.3) is 0 Å². The zero-order valence-corrected chi connectivity index (χ0v) is 6.92. The van der Waals surface area contributed by atoms with Crippen LogP contribution in [0.4, 0.5) is 4.39 Å². The Balaban J connectivity index is 2.35.